The first-order valence-corrected chi connectivity index (χ1v) is 12.7. The van der Waals surface area contributed by atoms with Gasteiger partial charge in [0.15, 0.2) is 0 Å². The van der Waals surface area contributed by atoms with Crippen molar-refractivity contribution in [1.82, 2.24) is 4.98 Å². The molecule has 0 bridgehead atoms. The molecule has 0 radical (unpaired) electrons. The van der Waals surface area contributed by atoms with E-state index in [1.165, 1.54) is 32.1 Å². The van der Waals surface area contributed by atoms with Gasteiger partial charge in [-0.3, -0.25) is 9.59 Å². The number of carbonyl (C=O) groups excluding carboxylic acids is 2. The van der Waals surface area contributed by atoms with Crippen LogP contribution in [0, 0.1) is 11.8 Å². The summed E-state index contributed by atoms with van der Waals surface area (Å²) in [5.41, 5.74) is 1.44. The number of piperidine rings is 1. The normalized spacial score (nSPS) is 17.8. The summed E-state index contributed by atoms with van der Waals surface area (Å²) >= 11 is 6.46. The smallest absolute Gasteiger partial charge is 0.309 e. The Morgan fingerprint density at radius 3 is 2.58 bits per heavy atom. The number of amides is 1. The number of aromatic nitrogens is 1. The predicted molar refractivity (Wildman–Crippen MR) is 133 cm³/mol. The maximum atomic E-state index is 12.7. The number of pyridine rings is 1. The largest absolute Gasteiger partial charge is 0.466 e. The van der Waals surface area contributed by atoms with E-state index in [0.29, 0.717) is 29.7 Å². The van der Waals surface area contributed by atoms with Crippen LogP contribution in [0.25, 0.3) is 10.9 Å². The van der Waals surface area contributed by atoms with Gasteiger partial charge in [-0.2, -0.15) is 0 Å². The second-order valence-electron chi connectivity index (χ2n) is 9.26. The molecular formula is C26H34ClN3O3. The lowest BCUT2D eigenvalue weighted by atomic mass is 9.86. The van der Waals surface area contributed by atoms with Crippen molar-refractivity contribution in [3.05, 3.63) is 29.3 Å². The number of rotatable bonds is 7. The van der Waals surface area contributed by atoms with E-state index < -0.39 is 0 Å². The molecule has 7 heteroatoms. The Hall–Kier alpha value is -2.34. The molecule has 178 valence electrons. The van der Waals surface area contributed by atoms with Crippen LogP contribution in [0.5, 0.6) is 0 Å². The number of hydrogen-bond acceptors (Lipinski definition) is 5. The van der Waals surface area contributed by atoms with Crippen LogP contribution in [0.3, 0.4) is 0 Å². The zero-order valence-electron chi connectivity index (χ0n) is 19.4. The summed E-state index contributed by atoms with van der Waals surface area (Å²) in [5.74, 6) is 1.43. The molecule has 1 aromatic carbocycles. The van der Waals surface area contributed by atoms with Gasteiger partial charge in [-0.25, -0.2) is 4.98 Å². The highest BCUT2D eigenvalue weighted by molar-refractivity contribution is 6.35. The highest BCUT2D eigenvalue weighted by Gasteiger charge is 2.26. The lowest BCUT2D eigenvalue weighted by molar-refractivity contribution is -0.148. The molecule has 2 fully saturated rings. The third-order valence-electron chi connectivity index (χ3n) is 7.01. The Balaban J connectivity index is 1.41. The van der Waals surface area contributed by atoms with Crippen LogP contribution < -0.4 is 10.2 Å². The van der Waals surface area contributed by atoms with E-state index in [2.05, 4.69) is 10.2 Å². The summed E-state index contributed by atoms with van der Waals surface area (Å²) in [6.07, 6.45) is 9.39. The number of carbonyl (C=O) groups is 2. The molecule has 1 N–H and O–H groups in total. The van der Waals surface area contributed by atoms with E-state index in [0.717, 1.165) is 49.1 Å². The minimum absolute atomic E-state index is 0.0140. The molecule has 2 aromatic rings. The van der Waals surface area contributed by atoms with Crippen LogP contribution in [0.15, 0.2) is 24.3 Å². The molecule has 1 amide bonds. The number of halogens is 1. The molecule has 6 nitrogen and oxygen atoms in total. The summed E-state index contributed by atoms with van der Waals surface area (Å²) in [7, 11) is 0. The first kappa shape index (κ1) is 23.8. The summed E-state index contributed by atoms with van der Waals surface area (Å²) in [5, 5.41) is 4.42. The molecule has 0 atom stereocenters. The van der Waals surface area contributed by atoms with Crippen molar-refractivity contribution in [2.75, 3.05) is 29.9 Å². The Morgan fingerprint density at radius 1 is 1.09 bits per heavy atom. The summed E-state index contributed by atoms with van der Waals surface area (Å²) < 4.78 is 5.17. The molecule has 0 unspecified atom stereocenters. The zero-order chi connectivity index (χ0) is 23.2. The topological polar surface area (TPSA) is 71.5 Å². The molecule has 2 aliphatic rings. The van der Waals surface area contributed by atoms with Gasteiger partial charge in [0.2, 0.25) is 5.91 Å². The quantitative estimate of drug-likeness (QED) is 0.504. The highest BCUT2D eigenvalue weighted by atomic mass is 35.5. The van der Waals surface area contributed by atoms with Crippen molar-refractivity contribution in [3.63, 3.8) is 0 Å². The summed E-state index contributed by atoms with van der Waals surface area (Å²) in [6.45, 7) is 3.79. The van der Waals surface area contributed by atoms with E-state index in [4.69, 9.17) is 21.3 Å². The Bertz CT molecular complexity index is 982. The molecule has 1 saturated heterocycles. The Kier molecular flexibility index (Phi) is 8.07. The second-order valence-corrected chi connectivity index (χ2v) is 9.67. The van der Waals surface area contributed by atoms with Crippen molar-refractivity contribution in [2.45, 2.75) is 64.7 Å². The van der Waals surface area contributed by atoms with Gasteiger partial charge in [-0.05, 0) is 56.4 Å². The van der Waals surface area contributed by atoms with Gasteiger partial charge < -0.3 is 15.0 Å². The molecular weight excluding hydrogens is 438 g/mol. The number of anilines is 2. The predicted octanol–water partition coefficient (Wildman–Crippen LogP) is 5.97. The van der Waals surface area contributed by atoms with E-state index in [1.807, 2.05) is 25.1 Å². The van der Waals surface area contributed by atoms with Gasteiger partial charge in [0.1, 0.15) is 5.82 Å². The van der Waals surface area contributed by atoms with Gasteiger partial charge >= 0.3 is 5.97 Å². The first-order chi connectivity index (χ1) is 16.0. The average Bonchev–Trinajstić information content (AvgIpc) is 2.85. The van der Waals surface area contributed by atoms with Crippen molar-refractivity contribution >= 4 is 45.9 Å². The van der Waals surface area contributed by atoms with Crippen LogP contribution in [0.1, 0.15) is 64.7 Å². The maximum absolute atomic E-state index is 12.7. The summed E-state index contributed by atoms with van der Waals surface area (Å²) in [4.78, 5) is 31.7. The lowest BCUT2D eigenvalue weighted by Crippen LogP contribution is -2.37. The van der Waals surface area contributed by atoms with Gasteiger partial charge in [0.05, 0.1) is 28.8 Å². The standard InChI is InChI=1S/C26H34ClN3O3/c1-2-33-26(32)19-14-16-30(17-15-19)23-12-9-20-22(28-23)11-10-21(27)25(20)29-24(31)13-8-18-6-4-3-5-7-18/h9-12,18-19H,2-8,13-17H2,1H3,(H,29,31). The van der Waals surface area contributed by atoms with Gasteiger partial charge in [-0.1, -0.05) is 43.7 Å². The number of ether oxygens (including phenoxy) is 1. The SMILES string of the molecule is CCOC(=O)C1CCN(c2ccc3c(NC(=O)CCC4CCCCC4)c(Cl)ccc3n2)CC1. The minimum Gasteiger partial charge on any atom is -0.466 e. The maximum Gasteiger partial charge on any atom is 0.309 e. The fraction of sp³-hybridized carbons (Fsp3) is 0.577. The Morgan fingerprint density at radius 2 is 1.85 bits per heavy atom. The van der Waals surface area contributed by atoms with Crippen LogP contribution in [-0.2, 0) is 14.3 Å². The monoisotopic (exact) mass is 471 g/mol. The van der Waals surface area contributed by atoms with E-state index >= 15 is 0 Å². The van der Waals surface area contributed by atoms with Crippen molar-refractivity contribution in [3.8, 4) is 0 Å². The van der Waals surface area contributed by atoms with E-state index in [1.54, 1.807) is 6.07 Å². The molecule has 1 aliphatic heterocycles. The van der Waals surface area contributed by atoms with Crippen LogP contribution in [0.2, 0.25) is 5.02 Å². The highest BCUT2D eigenvalue weighted by Crippen LogP contribution is 2.33. The molecule has 1 aliphatic carbocycles. The fourth-order valence-corrected chi connectivity index (χ4v) is 5.30. The minimum atomic E-state index is -0.0952. The molecule has 0 spiro atoms. The number of esters is 1. The molecule has 1 saturated carbocycles. The Labute approximate surface area is 201 Å². The van der Waals surface area contributed by atoms with Gasteiger partial charge in [-0.15, -0.1) is 0 Å². The third-order valence-corrected chi connectivity index (χ3v) is 7.33. The molecule has 2 heterocycles. The average molecular weight is 472 g/mol. The number of benzene rings is 1. The number of hydrogen-bond donors (Lipinski definition) is 1. The molecule has 1 aromatic heterocycles. The number of nitrogens with one attached hydrogen (secondary N) is 1. The third kappa shape index (κ3) is 5.97. The van der Waals surface area contributed by atoms with Crippen LogP contribution in [-0.4, -0.2) is 36.6 Å². The van der Waals surface area contributed by atoms with Crippen molar-refractivity contribution in [2.24, 2.45) is 11.8 Å². The zero-order valence-corrected chi connectivity index (χ0v) is 20.2. The summed E-state index contributed by atoms with van der Waals surface area (Å²) in [6, 6.07) is 7.65. The number of nitrogens with zero attached hydrogens (tertiary/aromatic N) is 2. The number of fused-ring (bicyclic) bond motifs is 1. The molecule has 4 rings (SSSR count). The van der Waals surface area contributed by atoms with Crippen molar-refractivity contribution < 1.29 is 14.3 Å². The van der Waals surface area contributed by atoms with Crippen LogP contribution in [0.4, 0.5) is 11.5 Å². The van der Waals surface area contributed by atoms with Crippen LogP contribution >= 0.6 is 11.6 Å². The first-order valence-electron chi connectivity index (χ1n) is 12.4. The molecule has 33 heavy (non-hydrogen) atoms. The van der Waals surface area contributed by atoms with Gasteiger partial charge in [0.25, 0.3) is 0 Å². The van der Waals surface area contributed by atoms with E-state index in [-0.39, 0.29) is 17.8 Å². The van der Waals surface area contributed by atoms with Gasteiger partial charge in [0, 0.05) is 24.9 Å². The van der Waals surface area contributed by atoms with E-state index in [9.17, 15) is 9.59 Å². The second kappa shape index (κ2) is 11.2. The van der Waals surface area contributed by atoms with Crippen molar-refractivity contribution in [1.29, 1.82) is 0 Å². The fourth-order valence-electron chi connectivity index (χ4n) is 5.09. The lowest BCUT2D eigenvalue weighted by Gasteiger charge is -2.31.